The molecular formula is C15H16FNO3. The fourth-order valence-corrected chi connectivity index (χ4v) is 1.89. The van der Waals surface area contributed by atoms with Crippen LogP contribution in [0.15, 0.2) is 36.4 Å². The first-order valence-electron chi connectivity index (χ1n) is 6.15. The third-order valence-corrected chi connectivity index (χ3v) is 2.94. The van der Waals surface area contributed by atoms with Crippen LogP contribution in [0.2, 0.25) is 0 Å². The maximum absolute atomic E-state index is 13.6. The summed E-state index contributed by atoms with van der Waals surface area (Å²) in [6.45, 7) is 0. The number of nitrogens with zero attached hydrogens (tertiary/aromatic N) is 1. The van der Waals surface area contributed by atoms with E-state index in [9.17, 15) is 9.50 Å². The molecule has 0 saturated heterocycles. The first-order chi connectivity index (χ1) is 9.63. The molecule has 0 saturated carbocycles. The van der Waals surface area contributed by atoms with Gasteiger partial charge in [-0.05, 0) is 23.8 Å². The van der Waals surface area contributed by atoms with E-state index < -0.39 is 11.9 Å². The summed E-state index contributed by atoms with van der Waals surface area (Å²) in [7, 11) is 2.92. The number of pyridine rings is 1. The number of methoxy groups -OCH3 is 2. The number of aliphatic hydroxyl groups excluding tert-OH is 1. The van der Waals surface area contributed by atoms with E-state index in [1.165, 1.54) is 26.4 Å². The van der Waals surface area contributed by atoms with Gasteiger partial charge in [0, 0.05) is 12.5 Å². The van der Waals surface area contributed by atoms with Crippen LogP contribution in [0.5, 0.6) is 11.6 Å². The Labute approximate surface area is 116 Å². The van der Waals surface area contributed by atoms with E-state index in [0.717, 1.165) is 0 Å². The number of hydrogen-bond donors (Lipinski definition) is 1. The molecule has 0 bridgehead atoms. The van der Waals surface area contributed by atoms with Crippen LogP contribution in [0, 0.1) is 5.82 Å². The highest BCUT2D eigenvalue weighted by atomic mass is 19.1. The van der Waals surface area contributed by atoms with Gasteiger partial charge in [-0.2, -0.15) is 0 Å². The van der Waals surface area contributed by atoms with Gasteiger partial charge in [0.05, 0.1) is 19.9 Å². The van der Waals surface area contributed by atoms with Crippen molar-refractivity contribution in [2.45, 2.75) is 12.5 Å². The van der Waals surface area contributed by atoms with Crippen molar-refractivity contribution in [3.05, 3.63) is 53.5 Å². The number of hydrogen-bond acceptors (Lipinski definition) is 4. The van der Waals surface area contributed by atoms with Crippen LogP contribution >= 0.6 is 0 Å². The maximum Gasteiger partial charge on any atom is 0.213 e. The van der Waals surface area contributed by atoms with Crippen molar-refractivity contribution in [1.82, 2.24) is 4.98 Å². The molecule has 2 aromatic rings. The molecular weight excluding hydrogens is 261 g/mol. The molecule has 1 heterocycles. The lowest BCUT2D eigenvalue weighted by molar-refractivity contribution is 0.172. The van der Waals surface area contributed by atoms with E-state index in [0.29, 0.717) is 17.1 Å². The summed E-state index contributed by atoms with van der Waals surface area (Å²) < 4.78 is 23.4. The third-order valence-electron chi connectivity index (χ3n) is 2.94. The fourth-order valence-electron chi connectivity index (χ4n) is 1.89. The quantitative estimate of drug-likeness (QED) is 0.912. The molecule has 2 rings (SSSR count). The largest absolute Gasteiger partial charge is 0.494 e. The number of aromatic nitrogens is 1. The molecule has 5 heteroatoms. The summed E-state index contributed by atoms with van der Waals surface area (Å²) in [4.78, 5) is 4.15. The molecule has 0 spiro atoms. The van der Waals surface area contributed by atoms with Gasteiger partial charge in [0.1, 0.15) is 6.10 Å². The van der Waals surface area contributed by atoms with Crippen molar-refractivity contribution >= 4 is 0 Å². The summed E-state index contributed by atoms with van der Waals surface area (Å²) >= 11 is 0. The lowest BCUT2D eigenvalue weighted by Gasteiger charge is -2.12. The Morgan fingerprint density at radius 3 is 2.65 bits per heavy atom. The summed E-state index contributed by atoms with van der Waals surface area (Å²) in [5.41, 5.74) is 1.15. The summed E-state index contributed by atoms with van der Waals surface area (Å²) in [5.74, 6) is 0.168. The molecule has 1 aromatic carbocycles. The summed E-state index contributed by atoms with van der Waals surface area (Å²) in [6, 6.07) is 9.75. The molecule has 0 amide bonds. The molecule has 0 aliphatic heterocycles. The third kappa shape index (κ3) is 3.24. The summed E-state index contributed by atoms with van der Waals surface area (Å²) in [5, 5.41) is 10.1. The molecule has 106 valence electrons. The predicted molar refractivity (Wildman–Crippen MR) is 72.4 cm³/mol. The van der Waals surface area contributed by atoms with Crippen LogP contribution in [-0.4, -0.2) is 24.3 Å². The van der Waals surface area contributed by atoms with Crippen LogP contribution < -0.4 is 9.47 Å². The lowest BCUT2D eigenvalue weighted by atomic mass is 10.0. The van der Waals surface area contributed by atoms with Crippen molar-refractivity contribution in [2.24, 2.45) is 0 Å². The van der Waals surface area contributed by atoms with Gasteiger partial charge in [0.15, 0.2) is 11.6 Å². The first kappa shape index (κ1) is 14.3. The van der Waals surface area contributed by atoms with Gasteiger partial charge in [-0.15, -0.1) is 0 Å². The molecule has 0 aliphatic carbocycles. The number of ether oxygens (including phenoxy) is 2. The normalized spacial score (nSPS) is 12.0. The first-order valence-corrected chi connectivity index (χ1v) is 6.15. The van der Waals surface area contributed by atoms with E-state index in [1.807, 2.05) is 0 Å². The van der Waals surface area contributed by atoms with E-state index in [4.69, 9.17) is 9.47 Å². The second-order valence-electron chi connectivity index (χ2n) is 4.29. The highest BCUT2D eigenvalue weighted by Crippen LogP contribution is 2.22. The van der Waals surface area contributed by atoms with Crippen LogP contribution in [0.3, 0.4) is 0 Å². The van der Waals surface area contributed by atoms with Crippen LogP contribution in [0.1, 0.15) is 17.4 Å². The van der Waals surface area contributed by atoms with Gasteiger partial charge >= 0.3 is 0 Å². The fraction of sp³-hybridized carbons (Fsp3) is 0.267. The van der Waals surface area contributed by atoms with E-state index in [-0.39, 0.29) is 12.2 Å². The summed E-state index contributed by atoms with van der Waals surface area (Å²) in [6.07, 6.45) is -0.556. The van der Waals surface area contributed by atoms with Crippen molar-refractivity contribution in [1.29, 1.82) is 0 Å². The van der Waals surface area contributed by atoms with E-state index in [2.05, 4.69) is 4.98 Å². The zero-order chi connectivity index (χ0) is 14.5. The van der Waals surface area contributed by atoms with E-state index >= 15 is 0 Å². The monoisotopic (exact) mass is 277 g/mol. The number of halogens is 1. The van der Waals surface area contributed by atoms with Gasteiger partial charge in [0.2, 0.25) is 5.88 Å². The smallest absolute Gasteiger partial charge is 0.213 e. The molecule has 20 heavy (non-hydrogen) atoms. The Kier molecular flexibility index (Phi) is 4.53. The molecule has 1 unspecified atom stereocenters. The Hall–Kier alpha value is -2.14. The van der Waals surface area contributed by atoms with Crippen molar-refractivity contribution in [2.75, 3.05) is 14.2 Å². The Bertz CT molecular complexity index is 589. The standard InChI is InChI=1S/C15H16FNO3/c1-19-14-7-6-10(8-11(14)16)9-13(18)12-4-3-5-15(17-12)20-2/h3-8,13,18H,9H2,1-2H3. The van der Waals surface area contributed by atoms with Gasteiger partial charge in [-0.25, -0.2) is 9.37 Å². The van der Waals surface area contributed by atoms with Crippen LogP contribution in [0.4, 0.5) is 4.39 Å². The predicted octanol–water partition coefficient (Wildman–Crippen LogP) is 2.51. The highest BCUT2D eigenvalue weighted by molar-refractivity contribution is 5.30. The molecule has 4 nitrogen and oxygen atoms in total. The van der Waals surface area contributed by atoms with Crippen molar-refractivity contribution in [3.63, 3.8) is 0 Å². The molecule has 0 fully saturated rings. The zero-order valence-corrected chi connectivity index (χ0v) is 11.3. The minimum absolute atomic E-state index is 0.183. The number of benzene rings is 1. The lowest BCUT2D eigenvalue weighted by Crippen LogP contribution is -2.05. The number of rotatable bonds is 5. The minimum atomic E-state index is -0.821. The van der Waals surface area contributed by atoms with Gasteiger partial charge in [-0.1, -0.05) is 12.1 Å². The van der Waals surface area contributed by atoms with E-state index in [1.54, 1.807) is 24.3 Å². The topological polar surface area (TPSA) is 51.6 Å². The van der Waals surface area contributed by atoms with Gasteiger partial charge < -0.3 is 14.6 Å². The Morgan fingerprint density at radius 2 is 2.00 bits per heavy atom. The van der Waals surface area contributed by atoms with Gasteiger partial charge in [0.25, 0.3) is 0 Å². The second-order valence-corrected chi connectivity index (χ2v) is 4.29. The second kappa shape index (κ2) is 6.34. The maximum atomic E-state index is 13.6. The highest BCUT2D eigenvalue weighted by Gasteiger charge is 2.12. The van der Waals surface area contributed by atoms with Gasteiger partial charge in [-0.3, -0.25) is 0 Å². The molecule has 0 aliphatic rings. The van der Waals surface area contributed by atoms with Crippen LogP contribution in [-0.2, 0) is 6.42 Å². The number of aliphatic hydroxyl groups is 1. The molecule has 0 radical (unpaired) electrons. The average Bonchev–Trinajstić information content (AvgIpc) is 2.47. The SMILES string of the molecule is COc1cccc(C(O)Cc2ccc(OC)c(F)c2)n1. The Balaban J connectivity index is 2.14. The van der Waals surface area contributed by atoms with Crippen LogP contribution in [0.25, 0.3) is 0 Å². The molecule has 1 atom stereocenters. The minimum Gasteiger partial charge on any atom is -0.494 e. The van der Waals surface area contributed by atoms with Crippen molar-refractivity contribution in [3.8, 4) is 11.6 Å². The van der Waals surface area contributed by atoms with Crippen molar-refractivity contribution < 1.29 is 19.0 Å². The zero-order valence-electron chi connectivity index (χ0n) is 11.3. The average molecular weight is 277 g/mol. The molecule has 1 N–H and O–H groups in total. The molecule has 1 aromatic heterocycles. The Morgan fingerprint density at radius 1 is 1.20 bits per heavy atom.